The van der Waals surface area contributed by atoms with Crippen LogP contribution in [-0.4, -0.2) is 37.3 Å². The third-order valence-corrected chi connectivity index (χ3v) is 8.85. The van der Waals surface area contributed by atoms with E-state index in [1.54, 1.807) is 41.3 Å². The van der Waals surface area contributed by atoms with Gasteiger partial charge in [-0.1, -0.05) is 30.3 Å². The second kappa shape index (κ2) is 11.1. The predicted octanol–water partition coefficient (Wildman–Crippen LogP) is 6.44. The molecule has 6 nitrogen and oxygen atoms in total. The number of halogens is 3. The molecule has 1 N–H and O–H groups in total. The summed E-state index contributed by atoms with van der Waals surface area (Å²) in [6.07, 6.45) is -0.700. The molecule has 5 rings (SSSR count). The summed E-state index contributed by atoms with van der Waals surface area (Å²) in [4.78, 5) is 19.4. The molecule has 0 aliphatic carbocycles. The average Bonchev–Trinajstić information content (AvgIpc) is 2.93. The van der Waals surface area contributed by atoms with Gasteiger partial charge in [-0.05, 0) is 73.2 Å². The largest absolute Gasteiger partial charge is 0.416 e. The summed E-state index contributed by atoms with van der Waals surface area (Å²) < 4.78 is 67.3. The molecule has 1 fully saturated rings. The van der Waals surface area contributed by atoms with Crippen LogP contribution in [0.1, 0.15) is 34.3 Å². The molecule has 40 heavy (non-hydrogen) atoms. The van der Waals surface area contributed by atoms with E-state index in [1.807, 2.05) is 0 Å². The molecule has 0 spiro atoms. The van der Waals surface area contributed by atoms with E-state index in [0.717, 1.165) is 30.5 Å². The number of fused-ring (bicyclic) bond motifs is 1. The molecule has 1 aromatic heterocycles. The number of likely N-dealkylation sites (tertiary alicyclic amines) is 1. The molecule has 0 unspecified atom stereocenters. The van der Waals surface area contributed by atoms with Crippen molar-refractivity contribution in [1.82, 2.24) is 9.88 Å². The first-order valence-electron chi connectivity index (χ1n) is 12.7. The lowest BCUT2D eigenvalue weighted by Gasteiger charge is -2.32. The number of aromatic nitrogens is 1. The van der Waals surface area contributed by atoms with Crippen LogP contribution in [0.4, 0.5) is 18.9 Å². The summed E-state index contributed by atoms with van der Waals surface area (Å²) in [5, 5.41) is 0.695. The van der Waals surface area contributed by atoms with Crippen LogP contribution in [0.5, 0.6) is 0 Å². The first-order valence-corrected chi connectivity index (χ1v) is 14.6. The van der Waals surface area contributed by atoms with Gasteiger partial charge < -0.3 is 4.90 Å². The number of hydrogen-bond acceptors (Lipinski definition) is 5. The summed E-state index contributed by atoms with van der Waals surface area (Å²) in [5.74, 6) is 0.0810. The number of nitrogens with zero attached hydrogens (tertiary/aromatic N) is 2. The third kappa shape index (κ3) is 6.10. The number of rotatable bonds is 6. The second-order valence-electron chi connectivity index (χ2n) is 9.80. The zero-order valence-corrected chi connectivity index (χ0v) is 22.9. The lowest BCUT2D eigenvalue weighted by atomic mass is 9.89. The van der Waals surface area contributed by atoms with Crippen molar-refractivity contribution in [1.29, 1.82) is 0 Å². The maximum absolute atomic E-state index is 13.2. The molecule has 4 aromatic rings. The Morgan fingerprint density at radius 1 is 1.00 bits per heavy atom. The number of alkyl halides is 3. The smallest absolute Gasteiger partial charge is 0.339 e. The van der Waals surface area contributed by atoms with E-state index >= 15 is 0 Å². The van der Waals surface area contributed by atoms with E-state index in [2.05, 4.69) is 22.3 Å². The van der Waals surface area contributed by atoms with Gasteiger partial charge in [0.05, 0.1) is 16.8 Å². The van der Waals surface area contributed by atoms with Crippen LogP contribution in [0, 0.1) is 5.92 Å². The number of sulfonamides is 1. The van der Waals surface area contributed by atoms with Crippen molar-refractivity contribution in [3.8, 4) is 0 Å². The van der Waals surface area contributed by atoms with Crippen molar-refractivity contribution in [2.75, 3.05) is 17.8 Å². The molecule has 1 saturated heterocycles. The Balaban J connectivity index is 1.21. The van der Waals surface area contributed by atoms with Crippen LogP contribution in [0.25, 0.3) is 10.9 Å². The van der Waals surface area contributed by atoms with E-state index in [9.17, 15) is 26.4 Å². The van der Waals surface area contributed by atoms with Crippen molar-refractivity contribution in [3.63, 3.8) is 0 Å². The van der Waals surface area contributed by atoms with Gasteiger partial charge >= 0.3 is 6.18 Å². The first kappa shape index (κ1) is 28.0. The SMILES string of the molecule is O=C(c1ccc(NS(=O)(=O)c2cccc3cccnc23)c(S)c1)N1CCC(Cc2ccc(C(F)(F)F)cc2)CC1. The molecular formula is C29H26F3N3O3S2. The number of para-hydroxylation sites is 1. The van der Waals surface area contributed by atoms with E-state index in [0.29, 0.717) is 40.9 Å². The third-order valence-electron chi connectivity index (χ3n) is 7.08. The standard InChI is InChI=1S/C29H26F3N3O3S2/c30-29(31,32)23-9-6-19(7-10-23)17-20-12-15-35(16-13-20)28(36)22-8-11-24(25(39)18-22)34-40(37,38)26-5-1-3-21-4-2-14-33-27(21)26/h1-11,14,18,20,34,39H,12-13,15-17H2. The highest BCUT2D eigenvalue weighted by Gasteiger charge is 2.30. The molecule has 1 aliphatic rings. The minimum atomic E-state index is -4.35. The minimum absolute atomic E-state index is 0.0395. The number of pyridine rings is 1. The number of nitrogens with one attached hydrogen (secondary N) is 1. The molecule has 1 amide bonds. The number of carbonyl (C=O) groups excluding carboxylic acids is 1. The number of anilines is 1. The number of benzene rings is 3. The fourth-order valence-electron chi connectivity index (χ4n) is 4.93. The van der Waals surface area contributed by atoms with Gasteiger partial charge in [-0.2, -0.15) is 13.2 Å². The average molecular weight is 586 g/mol. The lowest BCUT2D eigenvalue weighted by molar-refractivity contribution is -0.137. The second-order valence-corrected chi connectivity index (χ2v) is 11.9. The molecule has 0 bridgehead atoms. The number of hydrogen-bond donors (Lipinski definition) is 2. The van der Waals surface area contributed by atoms with Gasteiger partial charge in [-0.3, -0.25) is 14.5 Å². The van der Waals surface area contributed by atoms with Crippen molar-refractivity contribution in [2.45, 2.75) is 35.2 Å². The van der Waals surface area contributed by atoms with Crippen molar-refractivity contribution in [2.24, 2.45) is 5.92 Å². The maximum Gasteiger partial charge on any atom is 0.416 e. The Morgan fingerprint density at radius 3 is 2.38 bits per heavy atom. The van der Waals surface area contributed by atoms with Crippen LogP contribution in [0.3, 0.4) is 0 Å². The van der Waals surface area contributed by atoms with Crippen LogP contribution in [0.15, 0.2) is 88.8 Å². The van der Waals surface area contributed by atoms with Gasteiger partial charge in [0.15, 0.2) is 0 Å². The van der Waals surface area contributed by atoms with E-state index in [1.165, 1.54) is 30.5 Å². The fraction of sp³-hybridized carbons (Fsp3) is 0.241. The van der Waals surface area contributed by atoms with Gasteiger partial charge in [-0.15, -0.1) is 12.6 Å². The topological polar surface area (TPSA) is 79.4 Å². The Hall–Kier alpha value is -3.57. The number of thiol groups is 1. The van der Waals surface area contributed by atoms with Crippen molar-refractivity contribution in [3.05, 3.63) is 95.7 Å². The Morgan fingerprint density at radius 2 is 1.70 bits per heavy atom. The highest BCUT2D eigenvalue weighted by Crippen LogP contribution is 2.31. The summed E-state index contributed by atoms with van der Waals surface area (Å²) in [7, 11) is -3.97. The van der Waals surface area contributed by atoms with E-state index < -0.39 is 21.8 Å². The Labute approximate surface area is 235 Å². The van der Waals surface area contributed by atoms with Gasteiger partial charge in [0, 0.05) is 35.1 Å². The molecule has 0 radical (unpaired) electrons. The minimum Gasteiger partial charge on any atom is -0.339 e. The summed E-state index contributed by atoms with van der Waals surface area (Å²) in [6.45, 7) is 1.04. The number of amides is 1. The maximum atomic E-state index is 13.2. The van der Waals surface area contributed by atoms with Gasteiger partial charge in [-0.25, -0.2) is 8.42 Å². The van der Waals surface area contributed by atoms with Crippen molar-refractivity contribution < 1.29 is 26.4 Å². The van der Waals surface area contributed by atoms with Crippen LogP contribution in [0.2, 0.25) is 0 Å². The highest BCUT2D eigenvalue weighted by atomic mass is 32.2. The van der Waals surface area contributed by atoms with Gasteiger partial charge in [0.2, 0.25) is 0 Å². The zero-order chi connectivity index (χ0) is 28.5. The monoisotopic (exact) mass is 585 g/mol. The molecule has 11 heteroatoms. The quantitative estimate of drug-likeness (QED) is 0.256. The van der Waals surface area contributed by atoms with Gasteiger partial charge in [0.1, 0.15) is 4.90 Å². The molecule has 1 aliphatic heterocycles. The van der Waals surface area contributed by atoms with Crippen LogP contribution < -0.4 is 4.72 Å². The Bertz CT molecular complexity index is 1650. The molecule has 0 saturated carbocycles. The molecule has 208 valence electrons. The highest BCUT2D eigenvalue weighted by molar-refractivity contribution is 7.93. The number of piperidine rings is 1. The van der Waals surface area contributed by atoms with E-state index in [-0.39, 0.29) is 22.4 Å². The summed E-state index contributed by atoms with van der Waals surface area (Å²) >= 11 is 4.43. The van der Waals surface area contributed by atoms with Crippen LogP contribution in [-0.2, 0) is 22.6 Å². The summed E-state index contributed by atoms with van der Waals surface area (Å²) in [5.41, 5.74) is 1.16. The van der Waals surface area contributed by atoms with E-state index in [4.69, 9.17) is 0 Å². The van der Waals surface area contributed by atoms with Crippen LogP contribution >= 0.6 is 12.6 Å². The molecule has 3 aromatic carbocycles. The normalized spacial score (nSPS) is 14.8. The molecule has 0 atom stereocenters. The van der Waals surface area contributed by atoms with Gasteiger partial charge in [0.25, 0.3) is 15.9 Å². The first-order chi connectivity index (χ1) is 19.0. The Kier molecular flexibility index (Phi) is 7.78. The number of carbonyl (C=O) groups is 1. The van der Waals surface area contributed by atoms with Crippen molar-refractivity contribution >= 4 is 45.1 Å². The molecule has 2 heterocycles. The summed E-state index contributed by atoms with van der Waals surface area (Å²) in [6, 6.07) is 18.3. The molecular weight excluding hydrogens is 559 g/mol. The fourth-order valence-corrected chi connectivity index (χ4v) is 6.54. The zero-order valence-electron chi connectivity index (χ0n) is 21.2. The predicted molar refractivity (Wildman–Crippen MR) is 150 cm³/mol. The lowest BCUT2D eigenvalue weighted by Crippen LogP contribution is -2.38.